The molecular formula is C28H23F3N3O3Sn. The van der Waals surface area contributed by atoms with E-state index in [0.29, 0.717) is 21.5 Å². The first-order valence-electron chi connectivity index (χ1n) is 11.9. The number of ether oxygens (including phenoxy) is 1. The second-order valence-electron chi connectivity index (χ2n) is 8.98. The number of alkyl halides is 3. The Hall–Kier alpha value is -3.60. The molecule has 10 heteroatoms. The second-order valence-corrected chi connectivity index (χ2v) is 15.7. The van der Waals surface area contributed by atoms with Crippen LogP contribution in [0.4, 0.5) is 18.0 Å². The number of nitrogens with two attached hydrogens (primary N) is 1. The van der Waals surface area contributed by atoms with Crippen LogP contribution in [0.5, 0.6) is 5.75 Å². The summed E-state index contributed by atoms with van der Waals surface area (Å²) in [5.41, 5.74) is 8.79. The fourth-order valence-electron chi connectivity index (χ4n) is 4.71. The van der Waals surface area contributed by atoms with Gasteiger partial charge in [-0.25, -0.2) is 0 Å². The van der Waals surface area contributed by atoms with E-state index < -0.39 is 37.6 Å². The number of benzene rings is 3. The number of nitrogens with zero attached hydrogens (tertiary/aromatic N) is 2. The Bertz CT molecular complexity index is 1370. The number of aliphatic imine (C=N–C) groups is 1. The first kappa shape index (κ1) is 26.0. The van der Waals surface area contributed by atoms with E-state index in [0.717, 1.165) is 35.4 Å². The van der Waals surface area contributed by atoms with E-state index in [4.69, 9.17) is 10.5 Å². The van der Waals surface area contributed by atoms with E-state index in [2.05, 4.69) is 4.99 Å². The number of carbonyl (C=O) groups excluding carboxylic acids is 2. The Balaban J connectivity index is 1.36. The van der Waals surface area contributed by atoms with Crippen molar-refractivity contribution in [1.82, 2.24) is 4.90 Å². The molecule has 0 saturated heterocycles. The molecule has 2 aliphatic heterocycles. The summed E-state index contributed by atoms with van der Waals surface area (Å²) in [7, 11) is 0. The summed E-state index contributed by atoms with van der Waals surface area (Å²) in [6, 6.07) is 23.6. The molecule has 1 radical (unpaired) electrons. The molecule has 6 nitrogen and oxygen atoms in total. The topological polar surface area (TPSA) is 85.0 Å². The molecule has 38 heavy (non-hydrogen) atoms. The molecule has 1 amide bonds. The van der Waals surface area contributed by atoms with E-state index in [9.17, 15) is 22.8 Å². The number of hydrogen-bond acceptors (Lipinski definition) is 5. The normalized spacial score (nSPS) is 16.4. The van der Waals surface area contributed by atoms with Crippen LogP contribution in [-0.4, -0.2) is 51.5 Å². The molecule has 0 spiro atoms. The Morgan fingerprint density at radius 2 is 1.53 bits per heavy atom. The van der Waals surface area contributed by atoms with Crippen molar-refractivity contribution >= 4 is 33.5 Å². The molecule has 0 aromatic heterocycles. The Morgan fingerprint density at radius 1 is 0.947 bits per heavy atom. The van der Waals surface area contributed by atoms with Gasteiger partial charge in [-0.05, 0) is 0 Å². The standard InChI is InChI=1S/C15H12F3N3O3.C13H11.Sn/c16-15(17,18)11-1-3-12(4-2-11)24-14(23)21-6-5-10(8-22)13(7-21)20-9-19;1-3-7-12(8-4-1)11-13-9-5-2-6-10-13;/h1-4H,5-7H2,(H2,19,20);1-11H;. The zero-order valence-electron chi connectivity index (χ0n) is 20.1. The minimum atomic E-state index is -4.48. The Morgan fingerprint density at radius 3 is 2.08 bits per heavy atom. The number of rotatable bonds is 4. The second kappa shape index (κ2) is 10.6. The molecule has 3 aromatic rings. The number of halogens is 3. The van der Waals surface area contributed by atoms with Gasteiger partial charge < -0.3 is 0 Å². The van der Waals surface area contributed by atoms with Crippen molar-refractivity contribution in [3.8, 4) is 5.75 Å². The predicted molar refractivity (Wildman–Crippen MR) is 138 cm³/mol. The molecule has 0 fully saturated rings. The maximum absolute atomic E-state index is 13.9. The molecular weight excluding hydrogens is 602 g/mol. The molecule has 0 aliphatic carbocycles. The van der Waals surface area contributed by atoms with E-state index >= 15 is 0 Å². The van der Waals surface area contributed by atoms with Crippen LogP contribution in [-0.2, 0) is 11.0 Å². The van der Waals surface area contributed by atoms with Gasteiger partial charge in [0, 0.05) is 0 Å². The monoisotopic (exact) mass is 626 g/mol. The number of carbonyl (C=O) groups is 2. The van der Waals surface area contributed by atoms with Gasteiger partial charge in [0.15, 0.2) is 0 Å². The van der Waals surface area contributed by atoms with Crippen molar-refractivity contribution in [3.63, 3.8) is 0 Å². The third-order valence-corrected chi connectivity index (χ3v) is 14.3. The molecule has 2 aliphatic rings. The quantitative estimate of drug-likeness (QED) is 0.412. The number of amidine groups is 1. The molecule has 0 saturated carbocycles. The zero-order valence-corrected chi connectivity index (χ0v) is 23.0. The molecule has 193 valence electrons. The van der Waals surface area contributed by atoms with Crippen LogP contribution in [0, 0.1) is 0 Å². The van der Waals surface area contributed by atoms with Gasteiger partial charge in [0.1, 0.15) is 0 Å². The minimum absolute atomic E-state index is 0.00497. The molecule has 2 heterocycles. The predicted octanol–water partition coefficient (Wildman–Crippen LogP) is 5.05. The van der Waals surface area contributed by atoms with Crippen molar-refractivity contribution in [3.05, 3.63) is 113 Å². The van der Waals surface area contributed by atoms with Crippen LogP contribution in [0.1, 0.15) is 27.0 Å². The van der Waals surface area contributed by atoms with Gasteiger partial charge in [-0.2, -0.15) is 13.2 Å². The van der Waals surface area contributed by atoms with Crippen molar-refractivity contribution in [2.24, 2.45) is 10.7 Å². The van der Waals surface area contributed by atoms with Crippen molar-refractivity contribution < 1.29 is 27.5 Å². The molecule has 3 aromatic carbocycles. The summed E-state index contributed by atoms with van der Waals surface area (Å²) in [5.74, 6) is -0.00497. The van der Waals surface area contributed by atoms with Crippen LogP contribution in [0.25, 0.3) is 0 Å². The fourth-order valence-corrected chi connectivity index (χ4v) is 12.4. The van der Waals surface area contributed by atoms with Crippen molar-refractivity contribution in [1.29, 1.82) is 0 Å². The number of amides is 1. The molecule has 5 rings (SSSR count). The van der Waals surface area contributed by atoms with E-state index in [-0.39, 0.29) is 26.6 Å². The first-order valence-corrected chi connectivity index (χ1v) is 16.4. The zero-order chi connectivity index (χ0) is 26.9. The van der Waals surface area contributed by atoms with E-state index in [1.807, 2.05) is 60.7 Å². The van der Waals surface area contributed by atoms with Gasteiger partial charge in [0.05, 0.1) is 0 Å². The Labute approximate surface area is 224 Å². The summed E-state index contributed by atoms with van der Waals surface area (Å²) in [5, 5.41) is 0. The van der Waals surface area contributed by atoms with Crippen LogP contribution in [0.3, 0.4) is 0 Å². The van der Waals surface area contributed by atoms with E-state index in [1.54, 1.807) is 0 Å². The molecule has 0 atom stereocenters. The third kappa shape index (κ3) is 5.33. The number of hydrogen-bond donors (Lipinski definition) is 1. The van der Waals surface area contributed by atoms with Gasteiger partial charge in [-0.1, -0.05) is 0 Å². The van der Waals surface area contributed by atoms with Gasteiger partial charge >= 0.3 is 212 Å². The summed E-state index contributed by atoms with van der Waals surface area (Å²) in [6.45, 7) is 0.274. The van der Waals surface area contributed by atoms with Crippen LogP contribution in [0.2, 0.25) is 0 Å². The first-order chi connectivity index (χ1) is 18.2. The SMILES string of the molecule is N[C]1=NC2=C(CCN(C(=O)Oc3ccc(C(F)(F)F)cc3)C2)[C](=O)[Sn]1[CH](c1ccccc1)c1ccccc1. The van der Waals surface area contributed by atoms with E-state index in [1.165, 1.54) is 4.90 Å². The Kier molecular flexibility index (Phi) is 7.29. The van der Waals surface area contributed by atoms with Crippen LogP contribution in [0.15, 0.2) is 101 Å². The summed E-state index contributed by atoms with van der Waals surface area (Å²) >= 11 is -3.24. The van der Waals surface area contributed by atoms with Gasteiger partial charge in [0.2, 0.25) is 0 Å². The average molecular weight is 625 g/mol. The van der Waals surface area contributed by atoms with Crippen molar-refractivity contribution in [2.75, 3.05) is 13.1 Å². The van der Waals surface area contributed by atoms with Gasteiger partial charge in [0.25, 0.3) is 0 Å². The summed E-state index contributed by atoms with van der Waals surface area (Å²) in [4.78, 5) is 32.6. The third-order valence-electron chi connectivity index (χ3n) is 6.57. The molecule has 2 N–H and O–H groups in total. The van der Waals surface area contributed by atoms with Gasteiger partial charge in [-0.3, -0.25) is 0 Å². The maximum atomic E-state index is 13.9. The summed E-state index contributed by atoms with van der Waals surface area (Å²) < 4.78 is 44.0. The van der Waals surface area contributed by atoms with Gasteiger partial charge in [-0.15, -0.1) is 0 Å². The molecule has 0 unspecified atom stereocenters. The molecule has 0 bridgehead atoms. The fraction of sp³-hybridized carbons (Fsp3) is 0.179. The average Bonchev–Trinajstić information content (AvgIpc) is 2.91. The summed E-state index contributed by atoms with van der Waals surface area (Å²) in [6.07, 6.45) is -4.90. The van der Waals surface area contributed by atoms with Crippen molar-refractivity contribution in [2.45, 2.75) is 16.5 Å². The van der Waals surface area contributed by atoms with Crippen LogP contribution >= 0.6 is 0 Å². The van der Waals surface area contributed by atoms with Crippen LogP contribution < -0.4 is 10.5 Å².